The summed E-state index contributed by atoms with van der Waals surface area (Å²) in [4.78, 5) is 12.7. The predicted octanol–water partition coefficient (Wildman–Crippen LogP) is 4.23. The van der Waals surface area contributed by atoms with Gasteiger partial charge in [-0.05, 0) is 78.9 Å². The first-order chi connectivity index (χ1) is 13.5. The van der Waals surface area contributed by atoms with Gasteiger partial charge >= 0.3 is 0 Å². The van der Waals surface area contributed by atoms with Gasteiger partial charge in [0.15, 0.2) is 0 Å². The molecular formula is C22H20N2O3S. The van der Waals surface area contributed by atoms with E-state index in [-0.39, 0.29) is 10.8 Å². The minimum Gasteiger partial charge on any atom is -0.322 e. The number of fused-ring (bicyclic) bond motifs is 1. The number of rotatable bonds is 5. The monoisotopic (exact) mass is 392 g/mol. The van der Waals surface area contributed by atoms with E-state index < -0.39 is 10.0 Å². The summed E-state index contributed by atoms with van der Waals surface area (Å²) in [6, 6.07) is 20.5. The van der Waals surface area contributed by atoms with Crippen LogP contribution in [0.25, 0.3) is 0 Å². The Bertz CT molecular complexity index is 1110. The summed E-state index contributed by atoms with van der Waals surface area (Å²) < 4.78 is 27.2. The topological polar surface area (TPSA) is 75.3 Å². The van der Waals surface area contributed by atoms with E-state index in [1.54, 1.807) is 42.5 Å². The Labute approximate surface area is 164 Å². The highest BCUT2D eigenvalue weighted by Gasteiger charge is 2.15. The predicted molar refractivity (Wildman–Crippen MR) is 110 cm³/mol. The average molecular weight is 392 g/mol. The van der Waals surface area contributed by atoms with Crippen LogP contribution in [-0.2, 0) is 22.9 Å². The zero-order valence-corrected chi connectivity index (χ0v) is 16.0. The summed E-state index contributed by atoms with van der Waals surface area (Å²) in [7, 11) is -3.65. The molecule has 0 aromatic heterocycles. The van der Waals surface area contributed by atoms with E-state index in [4.69, 9.17) is 0 Å². The van der Waals surface area contributed by atoms with Gasteiger partial charge in [0, 0.05) is 16.9 Å². The first-order valence-corrected chi connectivity index (χ1v) is 10.6. The zero-order valence-electron chi connectivity index (χ0n) is 15.2. The quantitative estimate of drug-likeness (QED) is 0.682. The van der Waals surface area contributed by atoms with Crippen LogP contribution in [-0.4, -0.2) is 14.3 Å². The molecule has 1 aliphatic rings. The van der Waals surface area contributed by atoms with Crippen molar-refractivity contribution in [3.63, 3.8) is 0 Å². The molecule has 142 valence electrons. The van der Waals surface area contributed by atoms with E-state index in [2.05, 4.69) is 16.1 Å². The molecule has 2 N–H and O–H groups in total. The molecule has 0 aliphatic heterocycles. The largest absolute Gasteiger partial charge is 0.322 e. The molecule has 0 unspecified atom stereocenters. The van der Waals surface area contributed by atoms with Gasteiger partial charge in [-0.1, -0.05) is 24.3 Å². The molecule has 5 nitrogen and oxygen atoms in total. The second-order valence-electron chi connectivity index (χ2n) is 6.79. The number of sulfonamides is 1. The lowest BCUT2D eigenvalue weighted by molar-refractivity contribution is 0.102. The molecule has 0 bridgehead atoms. The maximum Gasteiger partial charge on any atom is 0.261 e. The Morgan fingerprint density at radius 1 is 0.786 bits per heavy atom. The summed E-state index contributed by atoms with van der Waals surface area (Å²) in [6.45, 7) is 0. The summed E-state index contributed by atoms with van der Waals surface area (Å²) >= 11 is 0. The Morgan fingerprint density at radius 3 is 2.21 bits per heavy atom. The molecule has 3 aromatic rings. The van der Waals surface area contributed by atoms with E-state index in [1.807, 2.05) is 12.1 Å². The Balaban J connectivity index is 1.45. The Morgan fingerprint density at radius 2 is 1.46 bits per heavy atom. The number of nitrogens with one attached hydrogen (secondary N) is 2. The van der Waals surface area contributed by atoms with E-state index in [0.717, 1.165) is 24.9 Å². The molecule has 0 spiro atoms. The Kier molecular flexibility index (Phi) is 4.88. The fourth-order valence-electron chi connectivity index (χ4n) is 3.36. The summed E-state index contributed by atoms with van der Waals surface area (Å²) in [5.41, 5.74) is 4.29. The van der Waals surface area contributed by atoms with Gasteiger partial charge in [0.2, 0.25) is 0 Å². The smallest absolute Gasteiger partial charge is 0.261 e. The highest BCUT2D eigenvalue weighted by molar-refractivity contribution is 7.92. The number of benzene rings is 3. The maximum atomic E-state index is 12.5. The number of amides is 1. The van der Waals surface area contributed by atoms with Crippen molar-refractivity contribution in [2.24, 2.45) is 0 Å². The first kappa shape index (κ1) is 18.3. The van der Waals surface area contributed by atoms with Gasteiger partial charge in [0.05, 0.1) is 4.90 Å². The molecule has 1 aliphatic carbocycles. The van der Waals surface area contributed by atoms with Gasteiger partial charge in [-0.3, -0.25) is 9.52 Å². The minimum absolute atomic E-state index is 0.188. The van der Waals surface area contributed by atoms with Gasteiger partial charge in [0.1, 0.15) is 0 Å². The van der Waals surface area contributed by atoms with Gasteiger partial charge < -0.3 is 5.32 Å². The van der Waals surface area contributed by atoms with Crippen LogP contribution in [0.15, 0.2) is 77.7 Å². The van der Waals surface area contributed by atoms with Crippen LogP contribution >= 0.6 is 0 Å². The second kappa shape index (κ2) is 7.48. The average Bonchev–Trinajstić information content (AvgIpc) is 3.17. The van der Waals surface area contributed by atoms with Crippen LogP contribution in [0, 0.1) is 0 Å². The van der Waals surface area contributed by atoms with E-state index in [9.17, 15) is 13.2 Å². The maximum absolute atomic E-state index is 12.5. The molecule has 0 fully saturated rings. The van der Waals surface area contributed by atoms with Crippen molar-refractivity contribution in [1.82, 2.24) is 0 Å². The fraction of sp³-hybridized carbons (Fsp3) is 0.136. The molecule has 3 aromatic carbocycles. The molecule has 0 heterocycles. The van der Waals surface area contributed by atoms with Crippen LogP contribution in [0.5, 0.6) is 0 Å². The van der Waals surface area contributed by atoms with Gasteiger partial charge in [-0.2, -0.15) is 0 Å². The van der Waals surface area contributed by atoms with Gasteiger partial charge in [-0.25, -0.2) is 8.42 Å². The SMILES string of the molecule is O=C(Nc1ccc2c(c1)CCC2)c1ccc(NS(=O)(=O)c2ccccc2)cc1. The standard InChI is InChI=1S/C22H20N2O3S/c25-22(23-20-14-9-16-5-4-6-18(16)15-20)17-10-12-19(13-11-17)24-28(26,27)21-7-2-1-3-8-21/h1-3,7-15,24H,4-6H2,(H,23,25). The third kappa shape index (κ3) is 3.92. The van der Waals surface area contributed by atoms with Crippen LogP contribution in [0.1, 0.15) is 27.9 Å². The molecule has 0 saturated heterocycles. The zero-order chi connectivity index (χ0) is 19.6. The van der Waals surface area contributed by atoms with Crippen molar-refractivity contribution in [2.75, 3.05) is 10.0 Å². The molecule has 0 atom stereocenters. The Hall–Kier alpha value is -3.12. The molecule has 1 amide bonds. The number of hydrogen-bond acceptors (Lipinski definition) is 3. The number of hydrogen-bond donors (Lipinski definition) is 2. The van der Waals surface area contributed by atoms with Crippen LogP contribution in [0.2, 0.25) is 0 Å². The summed E-state index contributed by atoms with van der Waals surface area (Å²) in [5, 5.41) is 2.90. The van der Waals surface area contributed by atoms with Gasteiger partial charge in [0.25, 0.3) is 15.9 Å². The molecule has 0 saturated carbocycles. The highest BCUT2D eigenvalue weighted by Crippen LogP contribution is 2.25. The lowest BCUT2D eigenvalue weighted by Crippen LogP contribution is -2.14. The first-order valence-electron chi connectivity index (χ1n) is 9.12. The van der Waals surface area contributed by atoms with Gasteiger partial charge in [-0.15, -0.1) is 0 Å². The van der Waals surface area contributed by atoms with Crippen molar-refractivity contribution in [3.8, 4) is 0 Å². The molecule has 6 heteroatoms. The van der Waals surface area contributed by atoms with Crippen molar-refractivity contribution < 1.29 is 13.2 Å². The number of carbonyl (C=O) groups is 1. The van der Waals surface area contributed by atoms with Crippen molar-refractivity contribution in [2.45, 2.75) is 24.2 Å². The van der Waals surface area contributed by atoms with Crippen molar-refractivity contribution in [3.05, 3.63) is 89.5 Å². The van der Waals surface area contributed by atoms with E-state index in [1.165, 1.54) is 23.3 Å². The second-order valence-corrected chi connectivity index (χ2v) is 8.47. The minimum atomic E-state index is -3.65. The summed E-state index contributed by atoms with van der Waals surface area (Å²) in [5.74, 6) is -0.226. The van der Waals surface area contributed by atoms with Crippen molar-refractivity contribution in [1.29, 1.82) is 0 Å². The third-order valence-corrected chi connectivity index (χ3v) is 6.21. The highest BCUT2D eigenvalue weighted by atomic mass is 32.2. The van der Waals surface area contributed by atoms with Crippen molar-refractivity contribution >= 4 is 27.3 Å². The molecule has 28 heavy (non-hydrogen) atoms. The van der Waals surface area contributed by atoms with E-state index >= 15 is 0 Å². The molecular weight excluding hydrogens is 372 g/mol. The van der Waals surface area contributed by atoms with E-state index in [0.29, 0.717) is 11.3 Å². The lowest BCUT2D eigenvalue weighted by Gasteiger charge is -2.10. The third-order valence-electron chi connectivity index (χ3n) is 4.81. The van der Waals surface area contributed by atoms with Crippen LogP contribution in [0.4, 0.5) is 11.4 Å². The summed E-state index contributed by atoms with van der Waals surface area (Å²) in [6.07, 6.45) is 3.31. The number of carbonyl (C=O) groups excluding carboxylic acids is 1. The number of anilines is 2. The fourth-order valence-corrected chi connectivity index (χ4v) is 4.44. The molecule has 0 radical (unpaired) electrons. The van der Waals surface area contributed by atoms with Crippen LogP contribution < -0.4 is 10.0 Å². The number of aryl methyl sites for hydroxylation is 2. The molecule has 4 rings (SSSR count). The normalized spacial score (nSPS) is 13.0. The van der Waals surface area contributed by atoms with Crippen LogP contribution in [0.3, 0.4) is 0 Å². The lowest BCUT2D eigenvalue weighted by atomic mass is 10.1.